The number of aromatic amines is 1. The largest absolute Gasteiger partial charge is 0.361 e. The molecule has 0 fully saturated rings. The maximum atomic E-state index is 12.4. The van der Waals surface area contributed by atoms with Crippen LogP contribution in [-0.4, -0.2) is 23.3 Å². The van der Waals surface area contributed by atoms with Crippen molar-refractivity contribution in [3.8, 4) is 0 Å². The number of anilines is 1. The van der Waals surface area contributed by atoms with Crippen molar-refractivity contribution in [2.75, 3.05) is 11.9 Å². The minimum atomic E-state index is -0.138. The lowest BCUT2D eigenvalue weighted by molar-refractivity contribution is -0.120. The summed E-state index contributed by atoms with van der Waals surface area (Å²) in [4.78, 5) is 27.8. The minimum absolute atomic E-state index is 0.0115. The van der Waals surface area contributed by atoms with Gasteiger partial charge in [0.2, 0.25) is 5.91 Å². The van der Waals surface area contributed by atoms with Crippen LogP contribution in [0.4, 0.5) is 5.69 Å². The van der Waals surface area contributed by atoms with Crippen molar-refractivity contribution in [3.63, 3.8) is 0 Å². The molecule has 2 amide bonds. The molecule has 0 saturated heterocycles. The lowest BCUT2D eigenvalue weighted by Gasteiger charge is -2.13. The van der Waals surface area contributed by atoms with E-state index in [1.807, 2.05) is 38.2 Å². The van der Waals surface area contributed by atoms with E-state index < -0.39 is 0 Å². The first-order valence-electron chi connectivity index (χ1n) is 9.96. The summed E-state index contributed by atoms with van der Waals surface area (Å²) in [6, 6.07) is 12.7. The number of halogens is 1. The van der Waals surface area contributed by atoms with Crippen molar-refractivity contribution in [2.45, 2.75) is 33.1 Å². The summed E-state index contributed by atoms with van der Waals surface area (Å²) in [5.74, 6) is -0.107. The number of aromatic nitrogens is 1. The Balaban J connectivity index is 1.54. The second kappa shape index (κ2) is 9.61. The van der Waals surface area contributed by atoms with Gasteiger partial charge in [0.1, 0.15) is 0 Å². The quantitative estimate of drug-likeness (QED) is 0.478. The van der Waals surface area contributed by atoms with Gasteiger partial charge in [-0.05, 0) is 67.3 Å². The van der Waals surface area contributed by atoms with Gasteiger partial charge in [0.25, 0.3) is 5.91 Å². The van der Waals surface area contributed by atoms with Gasteiger partial charge in [-0.25, -0.2) is 0 Å². The van der Waals surface area contributed by atoms with E-state index in [4.69, 9.17) is 11.6 Å². The number of rotatable bonds is 8. The summed E-state index contributed by atoms with van der Waals surface area (Å²) in [6.45, 7) is 4.53. The molecule has 1 heterocycles. The SMILES string of the molecule is CCC(CC)C(=O)Nc1ccc(C(=O)NCCc2c[nH]c3ccc(Cl)cc23)cc1. The molecule has 0 atom stereocenters. The van der Waals surface area contributed by atoms with Crippen LogP contribution in [0.15, 0.2) is 48.7 Å². The van der Waals surface area contributed by atoms with Crippen LogP contribution in [-0.2, 0) is 11.2 Å². The lowest BCUT2D eigenvalue weighted by Crippen LogP contribution is -2.25. The van der Waals surface area contributed by atoms with E-state index >= 15 is 0 Å². The number of nitrogens with one attached hydrogen (secondary N) is 3. The highest BCUT2D eigenvalue weighted by Gasteiger charge is 2.14. The predicted octanol–water partition coefficient (Wildman–Crippen LogP) is 5.17. The molecular weight excluding hydrogens is 386 g/mol. The molecule has 29 heavy (non-hydrogen) atoms. The second-order valence-corrected chi connectivity index (χ2v) is 7.53. The van der Waals surface area contributed by atoms with E-state index in [-0.39, 0.29) is 17.7 Å². The van der Waals surface area contributed by atoms with Crippen LogP contribution in [0.5, 0.6) is 0 Å². The van der Waals surface area contributed by atoms with Crippen LogP contribution in [0, 0.1) is 5.92 Å². The Hall–Kier alpha value is -2.79. The van der Waals surface area contributed by atoms with E-state index in [9.17, 15) is 9.59 Å². The molecule has 0 bridgehead atoms. The molecule has 5 nitrogen and oxygen atoms in total. The van der Waals surface area contributed by atoms with Crippen molar-refractivity contribution >= 4 is 40.0 Å². The van der Waals surface area contributed by atoms with E-state index in [0.29, 0.717) is 29.2 Å². The standard InChI is InChI=1S/C23H26ClN3O2/c1-3-15(4-2)23(29)27-19-8-5-16(6-9-19)22(28)25-12-11-17-14-26-21-10-7-18(24)13-20(17)21/h5-10,13-15,26H,3-4,11-12H2,1-2H3,(H,25,28)(H,27,29). The molecule has 3 aromatic rings. The number of carbonyl (C=O) groups is 2. The molecule has 0 unspecified atom stereocenters. The molecule has 0 aliphatic heterocycles. The van der Waals surface area contributed by atoms with Crippen LogP contribution in [0.1, 0.15) is 42.6 Å². The Morgan fingerprint density at radius 3 is 2.48 bits per heavy atom. The second-order valence-electron chi connectivity index (χ2n) is 7.09. The van der Waals surface area contributed by atoms with Crippen molar-refractivity contribution < 1.29 is 9.59 Å². The van der Waals surface area contributed by atoms with Gasteiger partial charge >= 0.3 is 0 Å². The molecular formula is C23H26ClN3O2. The Kier molecular flexibility index (Phi) is 6.94. The van der Waals surface area contributed by atoms with Crippen molar-refractivity contribution in [1.82, 2.24) is 10.3 Å². The fourth-order valence-corrected chi connectivity index (χ4v) is 3.55. The van der Waals surface area contributed by atoms with Gasteiger partial charge in [0, 0.05) is 45.8 Å². The summed E-state index contributed by atoms with van der Waals surface area (Å²) >= 11 is 6.08. The van der Waals surface area contributed by atoms with Crippen LogP contribution in [0.3, 0.4) is 0 Å². The highest BCUT2D eigenvalue weighted by Crippen LogP contribution is 2.22. The molecule has 0 saturated carbocycles. The summed E-state index contributed by atoms with van der Waals surface area (Å²) in [6.07, 6.45) is 4.27. The van der Waals surface area contributed by atoms with Crippen molar-refractivity contribution in [3.05, 3.63) is 64.8 Å². The van der Waals surface area contributed by atoms with Gasteiger partial charge in [-0.15, -0.1) is 0 Å². The number of carbonyl (C=O) groups excluding carboxylic acids is 2. The fourth-order valence-electron chi connectivity index (χ4n) is 3.38. The summed E-state index contributed by atoms with van der Waals surface area (Å²) in [5.41, 5.74) is 3.41. The summed E-state index contributed by atoms with van der Waals surface area (Å²) in [7, 11) is 0. The van der Waals surface area contributed by atoms with E-state index in [0.717, 1.165) is 29.3 Å². The summed E-state index contributed by atoms with van der Waals surface area (Å²) < 4.78 is 0. The van der Waals surface area contributed by atoms with Crippen molar-refractivity contribution in [2.24, 2.45) is 5.92 Å². The first-order valence-corrected chi connectivity index (χ1v) is 10.3. The number of fused-ring (bicyclic) bond motifs is 1. The number of benzene rings is 2. The van der Waals surface area contributed by atoms with Gasteiger partial charge in [0.15, 0.2) is 0 Å². The molecule has 3 N–H and O–H groups in total. The number of hydrogen-bond donors (Lipinski definition) is 3. The van der Waals surface area contributed by atoms with E-state index in [2.05, 4.69) is 15.6 Å². The highest BCUT2D eigenvalue weighted by molar-refractivity contribution is 6.31. The molecule has 0 aliphatic carbocycles. The fraction of sp³-hybridized carbons (Fsp3) is 0.304. The Labute approximate surface area is 175 Å². The average molecular weight is 412 g/mol. The van der Waals surface area contributed by atoms with E-state index in [1.165, 1.54) is 0 Å². The van der Waals surface area contributed by atoms with Gasteiger partial charge < -0.3 is 15.6 Å². The van der Waals surface area contributed by atoms with Gasteiger partial charge in [-0.1, -0.05) is 25.4 Å². The maximum absolute atomic E-state index is 12.4. The predicted molar refractivity (Wildman–Crippen MR) is 118 cm³/mol. The summed E-state index contributed by atoms with van der Waals surface area (Å²) in [5, 5.41) is 7.62. The Bertz CT molecular complexity index is 991. The smallest absolute Gasteiger partial charge is 0.251 e. The van der Waals surface area contributed by atoms with Gasteiger partial charge in [-0.2, -0.15) is 0 Å². The maximum Gasteiger partial charge on any atom is 0.251 e. The van der Waals surface area contributed by atoms with Crippen LogP contribution in [0.2, 0.25) is 5.02 Å². The van der Waals surface area contributed by atoms with Crippen LogP contribution in [0.25, 0.3) is 10.9 Å². The third kappa shape index (κ3) is 5.18. The first-order chi connectivity index (χ1) is 14.0. The monoisotopic (exact) mass is 411 g/mol. The third-order valence-electron chi connectivity index (χ3n) is 5.18. The van der Waals surface area contributed by atoms with Gasteiger partial charge in [-0.3, -0.25) is 9.59 Å². The molecule has 3 rings (SSSR count). The first kappa shape index (κ1) is 20.9. The Morgan fingerprint density at radius 2 is 1.79 bits per heavy atom. The average Bonchev–Trinajstić information content (AvgIpc) is 3.11. The number of H-pyrrole nitrogens is 1. The normalized spacial score (nSPS) is 11.0. The number of amides is 2. The Morgan fingerprint density at radius 1 is 1.07 bits per heavy atom. The molecule has 0 aliphatic rings. The zero-order valence-electron chi connectivity index (χ0n) is 16.7. The molecule has 152 valence electrons. The van der Waals surface area contributed by atoms with Crippen molar-refractivity contribution in [1.29, 1.82) is 0 Å². The molecule has 2 aromatic carbocycles. The van der Waals surface area contributed by atoms with Crippen LogP contribution >= 0.6 is 11.6 Å². The highest BCUT2D eigenvalue weighted by atomic mass is 35.5. The molecule has 0 radical (unpaired) electrons. The third-order valence-corrected chi connectivity index (χ3v) is 5.42. The lowest BCUT2D eigenvalue weighted by atomic mass is 10.0. The van der Waals surface area contributed by atoms with Crippen LogP contribution < -0.4 is 10.6 Å². The zero-order valence-corrected chi connectivity index (χ0v) is 17.5. The molecule has 6 heteroatoms. The van der Waals surface area contributed by atoms with E-state index in [1.54, 1.807) is 24.3 Å². The molecule has 0 spiro atoms. The zero-order chi connectivity index (χ0) is 20.8. The minimum Gasteiger partial charge on any atom is -0.361 e. The molecule has 1 aromatic heterocycles. The topological polar surface area (TPSA) is 74.0 Å². The van der Waals surface area contributed by atoms with Gasteiger partial charge in [0.05, 0.1) is 0 Å². The number of hydrogen-bond acceptors (Lipinski definition) is 2.